The van der Waals surface area contributed by atoms with Crippen LogP contribution in [0.5, 0.6) is 11.5 Å². The number of hydrogen-bond acceptors (Lipinski definition) is 5. The van der Waals surface area contributed by atoms with Gasteiger partial charge < -0.3 is 15.2 Å². The first-order chi connectivity index (χ1) is 24.1. The first-order valence-electron chi connectivity index (χ1n) is 16.7. The third-order valence-corrected chi connectivity index (χ3v) is 9.58. The number of unbranched alkanes of at least 4 members (excludes halogenated alkanes) is 1. The Morgan fingerprint density at radius 2 is 1.20 bits per heavy atom. The molecule has 1 aliphatic heterocycles. The number of H-pyrrole nitrogens is 1. The van der Waals surface area contributed by atoms with E-state index in [9.17, 15) is 10.2 Å². The molecule has 0 amide bonds. The second-order valence-electron chi connectivity index (χ2n) is 12.7. The molecule has 0 saturated heterocycles. The highest BCUT2D eigenvalue weighted by Gasteiger charge is 2.15. The maximum Gasteiger partial charge on any atom is 0.134 e. The quantitative estimate of drug-likeness (QED) is 0.167. The summed E-state index contributed by atoms with van der Waals surface area (Å²) in [5.74, 6) is 0.290. The van der Waals surface area contributed by atoms with Crippen LogP contribution in [-0.2, 0) is 6.42 Å². The van der Waals surface area contributed by atoms with Crippen LogP contribution in [0.1, 0.15) is 36.7 Å². The lowest BCUT2D eigenvalue weighted by atomic mass is 10.0. The van der Waals surface area contributed by atoms with Gasteiger partial charge >= 0.3 is 0 Å². The van der Waals surface area contributed by atoms with E-state index in [1.165, 1.54) is 0 Å². The van der Waals surface area contributed by atoms with Crippen molar-refractivity contribution in [1.29, 1.82) is 0 Å². The average Bonchev–Trinajstić information content (AvgIpc) is 3.82. The summed E-state index contributed by atoms with van der Waals surface area (Å²) in [6.07, 6.45) is 6.92. The highest BCUT2D eigenvalue weighted by molar-refractivity contribution is 6.08. The summed E-state index contributed by atoms with van der Waals surface area (Å²) in [6.45, 7) is 2.19. The van der Waals surface area contributed by atoms with Crippen LogP contribution in [-0.4, -0.2) is 30.1 Å². The lowest BCUT2D eigenvalue weighted by Gasteiger charge is -2.08. The Morgan fingerprint density at radius 3 is 1.96 bits per heavy atom. The van der Waals surface area contributed by atoms with Gasteiger partial charge in [-0.05, 0) is 84.7 Å². The van der Waals surface area contributed by atoms with Crippen molar-refractivity contribution < 1.29 is 10.2 Å². The smallest absolute Gasteiger partial charge is 0.134 e. The van der Waals surface area contributed by atoms with Gasteiger partial charge in [-0.3, -0.25) is 0 Å². The van der Waals surface area contributed by atoms with Crippen LogP contribution in [0.2, 0.25) is 0 Å². The number of phenols is 2. The second kappa shape index (κ2) is 11.5. The number of fused-ring (bicyclic) bond motifs is 14. The fourth-order valence-corrected chi connectivity index (χ4v) is 7.04. The van der Waals surface area contributed by atoms with Gasteiger partial charge in [0.05, 0.1) is 33.5 Å². The number of nitrogens with zero attached hydrogens (tertiary/aromatic N) is 3. The molecule has 4 aromatic heterocycles. The first-order valence-corrected chi connectivity index (χ1v) is 16.7. The van der Waals surface area contributed by atoms with Crippen molar-refractivity contribution in [1.82, 2.24) is 19.9 Å². The maximum absolute atomic E-state index is 12.0. The largest absolute Gasteiger partial charge is 0.507 e. The van der Waals surface area contributed by atoms with E-state index < -0.39 is 0 Å². The van der Waals surface area contributed by atoms with E-state index in [4.69, 9.17) is 15.0 Å². The minimum atomic E-state index is 0.120. The molecule has 4 aromatic carbocycles. The topological polar surface area (TPSA) is 94.9 Å². The van der Waals surface area contributed by atoms with Gasteiger partial charge in [-0.15, -0.1) is 0 Å². The summed E-state index contributed by atoms with van der Waals surface area (Å²) in [4.78, 5) is 19.0. The van der Waals surface area contributed by atoms with E-state index >= 15 is 0 Å². The van der Waals surface area contributed by atoms with Crippen LogP contribution in [0.25, 0.3) is 88.7 Å². The van der Waals surface area contributed by atoms with Crippen molar-refractivity contribution in [3.63, 3.8) is 0 Å². The Hall–Kier alpha value is -6.27. The Bertz CT molecular complexity index is 2780. The fourth-order valence-electron chi connectivity index (χ4n) is 7.04. The zero-order valence-corrected chi connectivity index (χ0v) is 26.9. The van der Waals surface area contributed by atoms with Gasteiger partial charge in [-0.2, -0.15) is 0 Å². The van der Waals surface area contributed by atoms with Gasteiger partial charge in [0.15, 0.2) is 0 Å². The highest BCUT2D eigenvalue weighted by Crippen LogP contribution is 2.37. The molecule has 5 heterocycles. The number of hydrogen-bond donors (Lipinski definition) is 3. The molecule has 3 N–H and O–H groups in total. The lowest BCUT2D eigenvalue weighted by molar-refractivity contribution is 0.486. The first kappa shape index (κ1) is 28.9. The molecule has 0 atom stereocenters. The number of aromatic amines is 1. The van der Waals surface area contributed by atoms with Gasteiger partial charge in [0.1, 0.15) is 11.5 Å². The average molecular weight is 637 g/mol. The molecule has 236 valence electrons. The van der Waals surface area contributed by atoms with E-state index in [1.807, 2.05) is 97.1 Å². The summed E-state index contributed by atoms with van der Waals surface area (Å²) in [7, 11) is 0. The van der Waals surface area contributed by atoms with Crippen molar-refractivity contribution >= 4 is 77.6 Å². The van der Waals surface area contributed by atoms with Crippen LogP contribution in [0.15, 0.2) is 109 Å². The second-order valence-corrected chi connectivity index (χ2v) is 12.7. The van der Waals surface area contributed by atoms with E-state index in [-0.39, 0.29) is 11.5 Å². The number of para-hydroxylation sites is 1. The minimum Gasteiger partial charge on any atom is -0.507 e. The van der Waals surface area contributed by atoms with Gasteiger partial charge in [0.2, 0.25) is 0 Å². The molecule has 1 aliphatic rings. The van der Waals surface area contributed by atoms with Gasteiger partial charge in [0.25, 0.3) is 0 Å². The summed E-state index contributed by atoms with van der Waals surface area (Å²) in [6, 6.07) is 36.1. The predicted octanol–water partition coefficient (Wildman–Crippen LogP) is 10.7. The number of phenolic OH excluding ortho intramolecular Hbond substituents is 2. The summed E-state index contributed by atoms with van der Waals surface area (Å²) in [5, 5.41) is 28.2. The van der Waals surface area contributed by atoms with Gasteiger partial charge in [-0.1, -0.05) is 74.0 Å². The van der Waals surface area contributed by atoms with Crippen molar-refractivity contribution in [2.24, 2.45) is 0 Å². The normalized spacial score (nSPS) is 12.1. The molecule has 0 aliphatic carbocycles. The number of benzene rings is 4. The van der Waals surface area contributed by atoms with E-state index in [0.29, 0.717) is 32.9 Å². The molecule has 0 unspecified atom stereocenters. The number of aromatic nitrogens is 4. The van der Waals surface area contributed by atoms with Gasteiger partial charge in [0, 0.05) is 48.9 Å². The van der Waals surface area contributed by atoms with Crippen molar-refractivity contribution in [3.05, 3.63) is 126 Å². The molecular weight excluding hydrogens is 604 g/mol. The lowest BCUT2D eigenvalue weighted by Crippen LogP contribution is -1.89. The molecule has 6 nitrogen and oxygen atoms in total. The van der Waals surface area contributed by atoms with E-state index in [1.54, 1.807) is 0 Å². The standard InChI is InChI=1S/C43H32N4O2/c1-2-3-8-25-23-31-35-20-22-38(45-35)39(26-9-5-4-6-10-26)37-21-19-33(44-37)29-11-7-12-30(42(29)48)34-17-15-27-13-14-28-16-18-36(32(24-25)43(31)49)47-41(28)40(27)46-34/h4-7,9-24,45,48-49H,2-3,8H2,1H3. The number of nitrogens with one attached hydrogen (secondary N) is 1. The summed E-state index contributed by atoms with van der Waals surface area (Å²) < 4.78 is 0. The van der Waals surface area contributed by atoms with Crippen LogP contribution in [0.3, 0.4) is 0 Å². The summed E-state index contributed by atoms with van der Waals surface area (Å²) in [5.41, 5.74) is 8.92. The maximum atomic E-state index is 12.0. The zero-order valence-electron chi connectivity index (χ0n) is 26.9. The van der Waals surface area contributed by atoms with E-state index in [2.05, 4.69) is 36.2 Å². The van der Waals surface area contributed by atoms with Crippen LogP contribution in [0, 0.1) is 0 Å². The molecule has 6 heteroatoms. The van der Waals surface area contributed by atoms with E-state index in [0.717, 1.165) is 79.9 Å². The molecule has 0 radical (unpaired) electrons. The Morgan fingerprint density at radius 1 is 0.571 bits per heavy atom. The summed E-state index contributed by atoms with van der Waals surface area (Å²) >= 11 is 0. The third kappa shape index (κ3) is 4.83. The molecule has 0 spiro atoms. The molecule has 49 heavy (non-hydrogen) atoms. The molecule has 0 saturated carbocycles. The molecule has 8 aromatic rings. The molecule has 9 rings (SSSR count). The molecule has 0 fully saturated rings. The molecular formula is C43H32N4O2. The highest BCUT2D eigenvalue weighted by atomic mass is 16.3. The number of pyridine rings is 2. The monoisotopic (exact) mass is 636 g/mol. The molecule has 12 bridgehead atoms. The Labute approximate surface area is 282 Å². The van der Waals surface area contributed by atoms with Gasteiger partial charge in [-0.25, -0.2) is 15.0 Å². The predicted molar refractivity (Wildman–Crippen MR) is 202 cm³/mol. The van der Waals surface area contributed by atoms with Crippen LogP contribution >= 0.6 is 0 Å². The van der Waals surface area contributed by atoms with Crippen LogP contribution in [0.4, 0.5) is 0 Å². The van der Waals surface area contributed by atoms with Crippen molar-refractivity contribution in [2.45, 2.75) is 26.2 Å². The number of rotatable bonds is 4. The third-order valence-electron chi connectivity index (χ3n) is 9.58. The van der Waals surface area contributed by atoms with Crippen molar-refractivity contribution in [2.75, 3.05) is 0 Å². The van der Waals surface area contributed by atoms with Crippen molar-refractivity contribution in [3.8, 4) is 22.6 Å². The Kier molecular flexibility index (Phi) is 6.76. The number of aromatic hydroxyl groups is 2. The zero-order chi connectivity index (χ0) is 33.1. The Balaban J connectivity index is 1.51. The fraction of sp³-hybridized carbons (Fsp3) is 0.0930. The number of aryl methyl sites for hydroxylation is 1. The van der Waals surface area contributed by atoms with Crippen LogP contribution < -0.4 is 0 Å². The SMILES string of the molecule is CCCCc1cc2c(O)c(c1)c1ccc([nH]1)c(-c1ccccc1)c1nc(c3cccc(c3O)c3ccc4ccc5ccc2nc5c4n3)C=C1. The minimum absolute atomic E-state index is 0.120.